The van der Waals surface area contributed by atoms with Crippen molar-refractivity contribution in [3.63, 3.8) is 0 Å². The summed E-state index contributed by atoms with van der Waals surface area (Å²) < 4.78 is 6.03. The van der Waals surface area contributed by atoms with Crippen molar-refractivity contribution < 1.29 is 9.84 Å². The maximum absolute atomic E-state index is 9.75. The number of hydrogen-bond acceptors (Lipinski definition) is 2. The van der Waals surface area contributed by atoms with Gasteiger partial charge in [0, 0.05) is 4.47 Å². The van der Waals surface area contributed by atoms with Crippen molar-refractivity contribution in [1.29, 1.82) is 0 Å². The third-order valence-corrected chi connectivity index (χ3v) is 2.56. The van der Waals surface area contributed by atoms with Crippen molar-refractivity contribution in [2.45, 2.75) is 0 Å². The Morgan fingerprint density at radius 1 is 1.29 bits per heavy atom. The highest BCUT2D eigenvalue weighted by Gasteiger charge is 2.06. The molecule has 0 aromatic heterocycles. The number of hydrogen-bond donors (Lipinski definition) is 1. The van der Waals surface area contributed by atoms with Crippen molar-refractivity contribution in [1.82, 2.24) is 0 Å². The van der Waals surface area contributed by atoms with Crippen LogP contribution < -0.4 is 4.74 Å². The number of rotatable bonds is 1. The lowest BCUT2D eigenvalue weighted by atomic mass is 10.1. The van der Waals surface area contributed by atoms with E-state index in [0.717, 1.165) is 15.2 Å². The van der Waals surface area contributed by atoms with Gasteiger partial charge >= 0.3 is 0 Å². The van der Waals surface area contributed by atoms with E-state index >= 15 is 0 Å². The monoisotopic (exact) mass is 252 g/mol. The Morgan fingerprint density at radius 3 is 2.79 bits per heavy atom. The van der Waals surface area contributed by atoms with E-state index in [1.165, 1.54) is 0 Å². The lowest BCUT2D eigenvalue weighted by molar-refractivity contribution is 0.416. The number of halogens is 1. The van der Waals surface area contributed by atoms with E-state index < -0.39 is 0 Å². The summed E-state index contributed by atoms with van der Waals surface area (Å²) in [5.41, 5.74) is 0. The number of methoxy groups -OCH3 is 1. The molecule has 0 aliphatic heterocycles. The minimum absolute atomic E-state index is 0.229. The first-order chi connectivity index (χ1) is 6.72. The predicted octanol–water partition coefficient (Wildman–Crippen LogP) is 3.32. The van der Waals surface area contributed by atoms with Crippen molar-refractivity contribution in [3.05, 3.63) is 34.8 Å². The molecule has 0 bridgehead atoms. The van der Waals surface area contributed by atoms with Gasteiger partial charge in [0.15, 0.2) is 0 Å². The lowest BCUT2D eigenvalue weighted by Crippen LogP contribution is -1.85. The molecule has 0 saturated heterocycles. The molecular weight excluding hydrogens is 244 g/mol. The standard InChI is InChI=1S/C11H9BrO2/c1-14-10-4-2-3-7-5-8(12)6-9(13)11(7)10/h2-6,13H,1H3. The number of fused-ring (bicyclic) bond motifs is 1. The summed E-state index contributed by atoms with van der Waals surface area (Å²) in [6.07, 6.45) is 0. The van der Waals surface area contributed by atoms with E-state index in [-0.39, 0.29) is 5.75 Å². The van der Waals surface area contributed by atoms with E-state index in [0.29, 0.717) is 5.75 Å². The number of benzene rings is 2. The maximum atomic E-state index is 9.75. The van der Waals surface area contributed by atoms with Crippen LogP contribution in [0.15, 0.2) is 34.8 Å². The van der Waals surface area contributed by atoms with Crippen LogP contribution in [0.1, 0.15) is 0 Å². The van der Waals surface area contributed by atoms with E-state index in [1.807, 2.05) is 24.3 Å². The van der Waals surface area contributed by atoms with E-state index in [9.17, 15) is 5.11 Å². The van der Waals surface area contributed by atoms with Crippen LogP contribution in [-0.4, -0.2) is 12.2 Å². The zero-order valence-electron chi connectivity index (χ0n) is 7.62. The average Bonchev–Trinajstić information content (AvgIpc) is 2.16. The van der Waals surface area contributed by atoms with Gasteiger partial charge in [0.2, 0.25) is 0 Å². The molecule has 0 radical (unpaired) electrons. The topological polar surface area (TPSA) is 29.5 Å². The summed E-state index contributed by atoms with van der Waals surface area (Å²) in [5, 5.41) is 11.5. The van der Waals surface area contributed by atoms with Crippen LogP contribution in [0.2, 0.25) is 0 Å². The molecule has 0 spiro atoms. The largest absolute Gasteiger partial charge is 0.507 e. The van der Waals surface area contributed by atoms with Crippen LogP contribution in [-0.2, 0) is 0 Å². The average molecular weight is 253 g/mol. The molecule has 0 aliphatic rings. The summed E-state index contributed by atoms with van der Waals surface area (Å²) in [5.74, 6) is 0.916. The molecular formula is C11H9BrO2. The zero-order chi connectivity index (χ0) is 10.1. The fraction of sp³-hybridized carbons (Fsp3) is 0.0909. The highest BCUT2D eigenvalue weighted by Crippen LogP contribution is 2.35. The second-order valence-electron chi connectivity index (χ2n) is 2.98. The van der Waals surface area contributed by atoms with Crippen molar-refractivity contribution in [2.24, 2.45) is 0 Å². The van der Waals surface area contributed by atoms with Gasteiger partial charge < -0.3 is 9.84 Å². The molecule has 0 saturated carbocycles. The first kappa shape index (κ1) is 9.34. The molecule has 2 rings (SSSR count). The van der Waals surface area contributed by atoms with Crippen LogP contribution in [0, 0.1) is 0 Å². The van der Waals surface area contributed by atoms with Crippen molar-refractivity contribution in [2.75, 3.05) is 7.11 Å². The molecule has 0 aliphatic carbocycles. The van der Waals surface area contributed by atoms with E-state index in [2.05, 4.69) is 15.9 Å². The van der Waals surface area contributed by atoms with Crippen LogP contribution in [0.4, 0.5) is 0 Å². The Bertz CT molecular complexity index is 480. The van der Waals surface area contributed by atoms with Gasteiger partial charge in [-0.15, -0.1) is 0 Å². The highest BCUT2D eigenvalue weighted by molar-refractivity contribution is 9.10. The second kappa shape index (κ2) is 3.50. The molecule has 1 N–H and O–H groups in total. The van der Waals surface area contributed by atoms with Gasteiger partial charge in [0.05, 0.1) is 12.5 Å². The molecule has 3 heteroatoms. The lowest BCUT2D eigenvalue weighted by Gasteiger charge is -2.07. The smallest absolute Gasteiger partial charge is 0.130 e. The van der Waals surface area contributed by atoms with Gasteiger partial charge in [-0.3, -0.25) is 0 Å². The second-order valence-corrected chi connectivity index (χ2v) is 3.90. The Morgan fingerprint density at radius 2 is 2.07 bits per heavy atom. The summed E-state index contributed by atoms with van der Waals surface area (Å²) in [6, 6.07) is 9.26. The Kier molecular flexibility index (Phi) is 2.33. The van der Waals surface area contributed by atoms with Crippen LogP contribution in [0.25, 0.3) is 10.8 Å². The third-order valence-electron chi connectivity index (χ3n) is 2.10. The van der Waals surface area contributed by atoms with Crippen LogP contribution >= 0.6 is 15.9 Å². The molecule has 0 atom stereocenters. The number of phenolic OH excluding ortho intramolecular Hbond substituents is 1. The molecule has 0 unspecified atom stereocenters. The summed E-state index contributed by atoms with van der Waals surface area (Å²) in [7, 11) is 1.59. The quantitative estimate of drug-likeness (QED) is 0.844. The molecule has 72 valence electrons. The maximum Gasteiger partial charge on any atom is 0.130 e. The molecule has 0 heterocycles. The fourth-order valence-electron chi connectivity index (χ4n) is 1.51. The van der Waals surface area contributed by atoms with Gasteiger partial charge in [0.1, 0.15) is 11.5 Å². The van der Waals surface area contributed by atoms with E-state index in [4.69, 9.17) is 4.74 Å². The molecule has 2 nitrogen and oxygen atoms in total. The summed E-state index contributed by atoms with van der Waals surface area (Å²) >= 11 is 3.33. The van der Waals surface area contributed by atoms with Crippen LogP contribution in [0.5, 0.6) is 11.5 Å². The van der Waals surface area contributed by atoms with Gasteiger partial charge in [0.25, 0.3) is 0 Å². The highest BCUT2D eigenvalue weighted by atomic mass is 79.9. The van der Waals surface area contributed by atoms with Crippen molar-refractivity contribution >= 4 is 26.7 Å². The summed E-state index contributed by atoms with van der Waals surface area (Å²) in [6.45, 7) is 0. The normalized spacial score (nSPS) is 10.4. The minimum atomic E-state index is 0.229. The van der Waals surface area contributed by atoms with Crippen LogP contribution in [0.3, 0.4) is 0 Å². The molecule has 2 aromatic rings. The number of ether oxygens (including phenoxy) is 1. The number of phenols is 1. The Balaban J connectivity index is 2.87. The fourth-order valence-corrected chi connectivity index (χ4v) is 1.97. The van der Waals surface area contributed by atoms with Gasteiger partial charge in [-0.1, -0.05) is 28.1 Å². The van der Waals surface area contributed by atoms with Gasteiger partial charge in [-0.05, 0) is 23.6 Å². The Labute approximate surface area is 90.3 Å². The molecule has 0 amide bonds. The van der Waals surface area contributed by atoms with Crippen molar-refractivity contribution in [3.8, 4) is 11.5 Å². The number of aromatic hydroxyl groups is 1. The predicted molar refractivity (Wildman–Crippen MR) is 59.9 cm³/mol. The summed E-state index contributed by atoms with van der Waals surface area (Å²) in [4.78, 5) is 0. The zero-order valence-corrected chi connectivity index (χ0v) is 9.21. The SMILES string of the molecule is COc1cccc2cc(Br)cc(O)c12. The Hall–Kier alpha value is -1.22. The van der Waals surface area contributed by atoms with Gasteiger partial charge in [-0.2, -0.15) is 0 Å². The molecule has 0 fully saturated rings. The first-order valence-electron chi connectivity index (χ1n) is 4.17. The minimum Gasteiger partial charge on any atom is -0.507 e. The van der Waals surface area contributed by atoms with Gasteiger partial charge in [-0.25, -0.2) is 0 Å². The van der Waals surface area contributed by atoms with E-state index in [1.54, 1.807) is 13.2 Å². The molecule has 14 heavy (non-hydrogen) atoms. The molecule has 2 aromatic carbocycles. The third kappa shape index (κ3) is 1.44. The first-order valence-corrected chi connectivity index (χ1v) is 4.97.